The molecular formula is C19H22N4O2. The number of morpholine rings is 1. The lowest BCUT2D eigenvalue weighted by atomic mass is 10.0. The van der Waals surface area contributed by atoms with Crippen LogP contribution in [0.4, 0.5) is 0 Å². The van der Waals surface area contributed by atoms with E-state index < -0.39 is 0 Å². The molecular weight excluding hydrogens is 316 g/mol. The number of hydrogen-bond donors (Lipinski definition) is 1. The number of benzene rings is 1. The maximum absolute atomic E-state index is 12.2. The first-order valence-electron chi connectivity index (χ1n) is 8.38. The number of rotatable bonds is 5. The van der Waals surface area contributed by atoms with Crippen molar-refractivity contribution in [2.24, 2.45) is 5.10 Å². The van der Waals surface area contributed by atoms with Gasteiger partial charge in [-0.3, -0.25) is 14.7 Å². The second kappa shape index (κ2) is 8.50. The van der Waals surface area contributed by atoms with E-state index in [4.69, 9.17) is 4.74 Å². The predicted molar refractivity (Wildman–Crippen MR) is 96.4 cm³/mol. The van der Waals surface area contributed by atoms with Gasteiger partial charge in [-0.2, -0.15) is 5.10 Å². The Morgan fingerprint density at radius 1 is 1.16 bits per heavy atom. The van der Waals surface area contributed by atoms with Crippen molar-refractivity contribution < 1.29 is 9.53 Å². The molecule has 25 heavy (non-hydrogen) atoms. The topological polar surface area (TPSA) is 66.8 Å². The summed E-state index contributed by atoms with van der Waals surface area (Å²) in [5, 5.41) is 4.35. The summed E-state index contributed by atoms with van der Waals surface area (Å²) in [6.45, 7) is 5.01. The van der Waals surface area contributed by atoms with Crippen LogP contribution in [0.25, 0.3) is 0 Å². The molecule has 0 aliphatic carbocycles. The van der Waals surface area contributed by atoms with Gasteiger partial charge < -0.3 is 4.74 Å². The molecule has 3 rings (SSSR count). The molecule has 0 bridgehead atoms. The van der Waals surface area contributed by atoms with E-state index >= 15 is 0 Å². The SMILES string of the molecule is C/C(=N\NC(=O)c1ccccn1)C(c1ccccc1)N1CCOCC1. The monoisotopic (exact) mass is 338 g/mol. The number of hydrazone groups is 1. The third kappa shape index (κ3) is 4.49. The molecule has 0 spiro atoms. The van der Waals surface area contributed by atoms with Crippen LogP contribution in [0.2, 0.25) is 0 Å². The molecule has 1 aliphatic rings. The second-order valence-electron chi connectivity index (χ2n) is 5.87. The van der Waals surface area contributed by atoms with Gasteiger partial charge in [0.25, 0.3) is 5.91 Å². The summed E-state index contributed by atoms with van der Waals surface area (Å²) >= 11 is 0. The molecule has 1 unspecified atom stereocenters. The van der Waals surface area contributed by atoms with Gasteiger partial charge in [-0.05, 0) is 24.6 Å². The standard InChI is InChI=1S/C19H22N4O2/c1-15(21-22-19(24)17-9-5-6-10-20-17)18(16-7-3-2-4-8-16)23-11-13-25-14-12-23/h2-10,18H,11-14H2,1H3,(H,22,24)/b21-15+. The second-order valence-corrected chi connectivity index (χ2v) is 5.87. The van der Waals surface area contributed by atoms with E-state index in [1.807, 2.05) is 25.1 Å². The van der Waals surface area contributed by atoms with Crippen molar-refractivity contribution in [2.75, 3.05) is 26.3 Å². The lowest BCUT2D eigenvalue weighted by Gasteiger charge is -2.34. The van der Waals surface area contributed by atoms with E-state index in [0.717, 1.165) is 24.4 Å². The van der Waals surface area contributed by atoms with E-state index in [-0.39, 0.29) is 11.9 Å². The predicted octanol–water partition coefficient (Wildman–Crippen LogP) is 2.26. The van der Waals surface area contributed by atoms with Crippen molar-refractivity contribution in [2.45, 2.75) is 13.0 Å². The van der Waals surface area contributed by atoms with Crippen molar-refractivity contribution >= 4 is 11.6 Å². The van der Waals surface area contributed by atoms with E-state index in [9.17, 15) is 4.79 Å². The molecule has 0 saturated carbocycles. The molecule has 2 aromatic rings. The Morgan fingerprint density at radius 3 is 2.56 bits per heavy atom. The van der Waals surface area contributed by atoms with Gasteiger partial charge in [-0.1, -0.05) is 36.4 Å². The van der Waals surface area contributed by atoms with Crippen LogP contribution in [0.1, 0.15) is 29.0 Å². The summed E-state index contributed by atoms with van der Waals surface area (Å²) in [6.07, 6.45) is 1.59. The molecule has 2 heterocycles. The molecule has 6 heteroatoms. The highest BCUT2D eigenvalue weighted by molar-refractivity contribution is 5.94. The average Bonchev–Trinajstić information content (AvgIpc) is 2.69. The smallest absolute Gasteiger partial charge is 0.289 e. The highest BCUT2D eigenvalue weighted by Crippen LogP contribution is 2.23. The van der Waals surface area contributed by atoms with Gasteiger partial charge in [-0.25, -0.2) is 5.43 Å². The van der Waals surface area contributed by atoms with Crippen molar-refractivity contribution in [1.29, 1.82) is 0 Å². The summed E-state index contributed by atoms with van der Waals surface area (Å²) < 4.78 is 5.46. The van der Waals surface area contributed by atoms with Crippen LogP contribution in [0.5, 0.6) is 0 Å². The number of carbonyl (C=O) groups excluding carboxylic acids is 1. The molecule has 1 saturated heterocycles. The largest absolute Gasteiger partial charge is 0.379 e. The minimum atomic E-state index is -0.311. The zero-order chi connectivity index (χ0) is 17.5. The highest BCUT2D eigenvalue weighted by atomic mass is 16.5. The minimum Gasteiger partial charge on any atom is -0.379 e. The van der Waals surface area contributed by atoms with Crippen LogP contribution in [0.3, 0.4) is 0 Å². The maximum atomic E-state index is 12.2. The van der Waals surface area contributed by atoms with Crippen LogP contribution in [0, 0.1) is 0 Å². The van der Waals surface area contributed by atoms with Crippen molar-refractivity contribution in [3.05, 3.63) is 66.0 Å². The van der Waals surface area contributed by atoms with Gasteiger partial charge in [0, 0.05) is 19.3 Å². The van der Waals surface area contributed by atoms with Crippen LogP contribution in [0.15, 0.2) is 59.8 Å². The Labute approximate surface area is 147 Å². The Hall–Kier alpha value is -2.57. The van der Waals surface area contributed by atoms with Gasteiger partial charge in [0.1, 0.15) is 5.69 Å². The zero-order valence-electron chi connectivity index (χ0n) is 14.3. The number of nitrogens with one attached hydrogen (secondary N) is 1. The molecule has 1 aromatic heterocycles. The van der Waals surface area contributed by atoms with Crippen LogP contribution >= 0.6 is 0 Å². The molecule has 1 N–H and O–H groups in total. The number of carbonyl (C=O) groups is 1. The van der Waals surface area contributed by atoms with E-state index in [2.05, 4.69) is 32.5 Å². The molecule has 130 valence electrons. The number of aromatic nitrogens is 1. The van der Waals surface area contributed by atoms with Crippen molar-refractivity contribution in [1.82, 2.24) is 15.3 Å². The van der Waals surface area contributed by atoms with Gasteiger partial charge in [-0.15, -0.1) is 0 Å². The lowest BCUT2D eigenvalue weighted by molar-refractivity contribution is 0.0285. The number of amides is 1. The summed E-state index contributed by atoms with van der Waals surface area (Å²) in [5.41, 5.74) is 4.95. The normalized spacial score (nSPS) is 17.1. The highest BCUT2D eigenvalue weighted by Gasteiger charge is 2.25. The Balaban J connectivity index is 1.78. The van der Waals surface area contributed by atoms with Gasteiger partial charge in [0.2, 0.25) is 0 Å². The Bertz CT molecular complexity index is 713. The Kier molecular flexibility index (Phi) is 5.87. The number of nitrogens with zero attached hydrogens (tertiary/aromatic N) is 3. The molecule has 1 atom stereocenters. The van der Waals surface area contributed by atoms with Gasteiger partial charge in [0.05, 0.1) is 25.0 Å². The average molecular weight is 338 g/mol. The van der Waals surface area contributed by atoms with Crippen LogP contribution in [-0.4, -0.2) is 47.8 Å². The first-order valence-corrected chi connectivity index (χ1v) is 8.38. The summed E-state index contributed by atoms with van der Waals surface area (Å²) in [4.78, 5) is 18.5. The molecule has 1 aromatic carbocycles. The fourth-order valence-corrected chi connectivity index (χ4v) is 2.94. The van der Waals surface area contributed by atoms with E-state index in [0.29, 0.717) is 18.9 Å². The first kappa shape index (κ1) is 17.3. The van der Waals surface area contributed by atoms with Crippen molar-refractivity contribution in [3.63, 3.8) is 0 Å². The summed E-state index contributed by atoms with van der Waals surface area (Å²) in [5.74, 6) is -0.311. The molecule has 0 radical (unpaired) electrons. The fourth-order valence-electron chi connectivity index (χ4n) is 2.94. The van der Waals surface area contributed by atoms with Crippen LogP contribution in [-0.2, 0) is 4.74 Å². The maximum Gasteiger partial charge on any atom is 0.289 e. The minimum absolute atomic E-state index is 0.00846. The third-order valence-corrected chi connectivity index (χ3v) is 4.15. The van der Waals surface area contributed by atoms with E-state index in [1.165, 1.54) is 0 Å². The van der Waals surface area contributed by atoms with Crippen molar-refractivity contribution in [3.8, 4) is 0 Å². The summed E-state index contributed by atoms with van der Waals surface area (Å²) in [6, 6.07) is 15.4. The quantitative estimate of drug-likeness (QED) is 0.671. The van der Waals surface area contributed by atoms with Gasteiger partial charge >= 0.3 is 0 Å². The third-order valence-electron chi connectivity index (χ3n) is 4.15. The molecule has 1 fully saturated rings. The van der Waals surface area contributed by atoms with E-state index in [1.54, 1.807) is 24.4 Å². The number of pyridine rings is 1. The lowest BCUT2D eigenvalue weighted by Crippen LogP contribution is -2.42. The fraction of sp³-hybridized carbons (Fsp3) is 0.316. The number of ether oxygens (including phenoxy) is 1. The molecule has 1 amide bonds. The molecule has 1 aliphatic heterocycles. The zero-order valence-corrected chi connectivity index (χ0v) is 14.3. The Morgan fingerprint density at radius 2 is 1.88 bits per heavy atom. The number of hydrogen-bond acceptors (Lipinski definition) is 5. The summed E-state index contributed by atoms with van der Waals surface area (Å²) in [7, 11) is 0. The first-order chi connectivity index (χ1) is 12.3. The molecule has 6 nitrogen and oxygen atoms in total. The van der Waals surface area contributed by atoms with Crippen LogP contribution < -0.4 is 5.43 Å². The van der Waals surface area contributed by atoms with Gasteiger partial charge in [0.15, 0.2) is 0 Å².